The molecule has 1 atom stereocenters. The molecule has 2 aromatic carbocycles. The second-order valence-electron chi connectivity index (χ2n) is 4.40. The van der Waals surface area contributed by atoms with Crippen LogP contribution in [-0.2, 0) is 0 Å². The molecule has 0 spiro atoms. The van der Waals surface area contributed by atoms with Crippen molar-refractivity contribution in [3.63, 3.8) is 0 Å². The number of ether oxygens (including phenoxy) is 3. The van der Waals surface area contributed by atoms with Gasteiger partial charge in [-0.2, -0.15) is 0 Å². The van der Waals surface area contributed by atoms with Crippen LogP contribution in [-0.4, -0.2) is 26.4 Å². The number of aliphatic hydroxyl groups excluding tert-OH is 1. The minimum Gasteiger partial charge on any atom is -0.497 e. The number of rotatable bonds is 5. The molecule has 0 aromatic heterocycles. The third-order valence-corrected chi connectivity index (χ3v) is 3.46. The van der Waals surface area contributed by atoms with E-state index in [0.29, 0.717) is 33.4 Å². The van der Waals surface area contributed by atoms with Crippen molar-refractivity contribution in [1.29, 1.82) is 0 Å². The Morgan fingerprint density at radius 2 is 1.43 bits per heavy atom. The van der Waals surface area contributed by atoms with Crippen molar-refractivity contribution in [2.24, 2.45) is 0 Å². The average molecular weight is 309 g/mol. The summed E-state index contributed by atoms with van der Waals surface area (Å²) in [6.45, 7) is 0. The Morgan fingerprint density at radius 1 is 0.857 bits per heavy atom. The maximum absolute atomic E-state index is 10.6. The lowest BCUT2D eigenvalue weighted by Crippen LogP contribution is -2.05. The van der Waals surface area contributed by atoms with E-state index in [4.69, 9.17) is 25.8 Å². The van der Waals surface area contributed by atoms with Crippen molar-refractivity contribution in [1.82, 2.24) is 0 Å². The van der Waals surface area contributed by atoms with Crippen LogP contribution in [0.15, 0.2) is 36.4 Å². The van der Waals surface area contributed by atoms with E-state index in [9.17, 15) is 5.11 Å². The summed E-state index contributed by atoms with van der Waals surface area (Å²) in [5, 5.41) is 11.2. The van der Waals surface area contributed by atoms with E-state index in [2.05, 4.69) is 0 Å². The molecule has 0 aliphatic rings. The zero-order valence-electron chi connectivity index (χ0n) is 12.1. The lowest BCUT2D eigenvalue weighted by atomic mass is 9.99. The zero-order valence-corrected chi connectivity index (χ0v) is 12.8. The molecule has 0 heterocycles. The second kappa shape index (κ2) is 6.70. The van der Waals surface area contributed by atoms with Gasteiger partial charge in [-0.25, -0.2) is 0 Å². The molecule has 0 saturated carbocycles. The van der Waals surface area contributed by atoms with E-state index < -0.39 is 6.10 Å². The Bertz CT molecular complexity index is 628. The lowest BCUT2D eigenvalue weighted by molar-refractivity contribution is 0.209. The highest BCUT2D eigenvalue weighted by Crippen LogP contribution is 2.37. The van der Waals surface area contributed by atoms with Crippen molar-refractivity contribution >= 4 is 11.6 Å². The van der Waals surface area contributed by atoms with Crippen LogP contribution < -0.4 is 14.2 Å². The van der Waals surface area contributed by atoms with Gasteiger partial charge in [-0.3, -0.25) is 0 Å². The van der Waals surface area contributed by atoms with Gasteiger partial charge in [-0.15, -0.1) is 0 Å². The summed E-state index contributed by atoms with van der Waals surface area (Å²) in [7, 11) is 4.66. The average Bonchev–Trinajstić information content (AvgIpc) is 2.53. The number of methoxy groups -OCH3 is 3. The quantitative estimate of drug-likeness (QED) is 0.919. The van der Waals surface area contributed by atoms with E-state index >= 15 is 0 Å². The van der Waals surface area contributed by atoms with Gasteiger partial charge in [0.25, 0.3) is 0 Å². The van der Waals surface area contributed by atoms with Gasteiger partial charge in [-0.05, 0) is 24.3 Å². The molecule has 21 heavy (non-hydrogen) atoms. The normalized spacial score (nSPS) is 11.9. The number of hydrogen-bond acceptors (Lipinski definition) is 4. The maximum Gasteiger partial charge on any atom is 0.128 e. The number of benzene rings is 2. The molecular weight excluding hydrogens is 292 g/mol. The third kappa shape index (κ3) is 3.23. The smallest absolute Gasteiger partial charge is 0.128 e. The highest BCUT2D eigenvalue weighted by molar-refractivity contribution is 6.30. The minimum atomic E-state index is -0.891. The summed E-state index contributed by atoms with van der Waals surface area (Å²) in [6.07, 6.45) is -0.891. The number of halogens is 1. The first-order valence-electron chi connectivity index (χ1n) is 6.34. The molecule has 1 unspecified atom stereocenters. The van der Waals surface area contributed by atoms with Gasteiger partial charge >= 0.3 is 0 Å². The first kappa shape index (κ1) is 15.5. The SMILES string of the molecule is COc1ccc(C(O)c2ccc(Cl)cc2OC)c(OC)c1. The molecule has 2 rings (SSSR count). The number of aliphatic hydroxyl groups is 1. The van der Waals surface area contributed by atoms with Gasteiger partial charge in [0.05, 0.1) is 21.3 Å². The van der Waals surface area contributed by atoms with Crippen molar-refractivity contribution in [3.05, 3.63) is 52.5 Å². The van der Waals surface area contributed by atoms with Crippen LogP contribution in [0.2, 0.25) is 5.02 Å². The molecule has 0 radical (unpaired) electrons. The molecule has 5 heteroatoms. The topological polar surface area (TPSA) is 47.9 Å². The predicted octanol–water partition coefficient (Wildman–Crippen LogP) is 3.45. The first-order chi connectivity index (χ1) is 10.1. The second-order valence-corrected chi connectivity index (χ2v) is 4.83. The van der Waals surface area contributed by atoms with Gasteiger partial charge in [0.2, 0.25) is 0 Å². The highest BCUT2D eigenvalue weighted by Gasteiger charge is 2.20. The fraction of sp³-hybridized carbons (Fsp3) is 0.250. The monoisotopic (exact) mass is 308 g/mol. The fourth-order valence-electron chi connectivity index (χ4n) is 2.12. The summed E-state index contributed by atoms with van der Waals surface area (Å²) < 4.78 is 15.8. The highest BCUT2D eigenvalue weighted by atomic mass is 35.5. The first-order valence-corrected chi connectivity index (χ1v) is 6.72. The van der Waals surface area contributed by atoms with Crippen LogP contribution >= 0.6 is 11.6 Å². The van der Waals surface area contributed by atoms with E-state index in [1.165, 1.54) is 7.11 Å². The molecule has 112 valence electrons. The van der Waals surface area contributed by atoms with Crippen molar-refractivity contribution in [2.45, 2.75) is 6.10 Å². The van der Waals surface area contributed by atoms with Crippen LogP contribution in [0.3, 0.4) is 0 Å². The molecule has 0 bridgehead atoms. The van der Waals surface area contributed by atoms with Gasteiger partial charge < -0.3 is 19.3 Å². The Morgan fingerprint density at radius 3 is 2.00 bits per heavy atom. The van der Waals surface area contributed by atoms with Crippen molar-refractivity contribution in [2.75, 3.05) is 21.3 Å². The van der Waals surface area contributed by atoms with Gasteiger partial charge in [-0.1, -0.05) is 17.7 Å². The molecule has 0 aliphatic carbocycles. The summed E-state index contributed by atoms with van der Waals surface area (Å²) in [5.74, 6) is 1.72. The van der Waals surface area contributed by atoms with Gasteiger partial charge in [0, 0.05) is 22.2 Å². The van der Waals surface area contributed by atoms with E-state index in [0.717, 1.165) is 0 Å². The molecule has 0 saturated heterocycles. The maximum atomic E-state index is 10.6. The minimum absolute atomic E-state index is 0.521. The van der Waals surface area contributed by atoms with Crippen molar-refractivity contribution in [3.8, 4) is 17.2 Å². The van der Waals surface area contributed by atoms with Crippen LogP contribution in [0.4, 0.5) is 0 Å². The Hall–Kier alpha value is -1.91. The van der Waals surface area contributed by atoms with Crippen molar-refractivity contribution < 1.29 is 19.3 Å². The number of hydrogen-bond donors (Lipinski definition) is 1. The molecule has 0 amide bonds. The molecule has 0 aliphatic heterocycles. The largest absolute Gasteiger partial charge is 0.497 e. The molecule has 4 nitrogen and oxygen atoms in total. The summed E-state index contributed by atoms with van der Waals surface area (Å²) in [6, 6.07) is 10.4. The van der Waals surface area contributed by atoms with Gasteiger partial charge in [0.1, 0.15) is 23.4 Å². The van der Waals surface area contributed by atoms with Crippen LogP contribution in [0.25, 0.3) is 0 Å². The fourth-order valence-corrected chi connectivity index (χ4v) is 2.28. The Balaban J connectivity index is 2.46. The summed E-state index contributed by atoms with van der Waals surface area (Å²) >= 11 is 5.94. The molecular formula is C16H17ClO4. The van der Waals surface area contributed by atoms with Crippen LogP contribution in [0.5, 0.6) is 17.2 Å². The van der Waals surface area contributed by atoms with E-state index in [1.54, 1.807) is 50.6 Å². The molecule has 1 N–H and O–H groups in total. The van der Waals surface area contributed by atoms with Crippen LogP contribution in [0, 0.1) is 0 Å². The standard InChI is InChI=1S/C16H17ClO4/c1-19-11-5-7-13(15(9-11)21-3)16(18)12-6-4-10(17)8-14(12)20-2/h4-9,16,18H,1-3H3. The molecule has 2 aromatic rings. The summed E-state index contributed by atoms with van der Waals surface area (Å²) in [4.78, 5) is 0. The Kier molecular flexibility index (Phi) is 4.94. The molecule has 0 fully saturated rings. The van der Waals surface area contributed by atoms with Crippen LogP contribution in [0.1, 0.15) is 17.2 Å². The Labute approximate surface area is 128 Å². The zero-order chi connectivity index (χ0) is 15.4. The predicted molar refractivity (Wildman–Crippen MR) is 81.6 cm³/mol. The summed E-state index contributed by atoms with van der Waals surface area (Å²) in [5.41, 5.74) is 1.24. The lowest BCUT2D eigenvalue weighted by Gasteiger charge is -2.18. The van der Waals surface area contributed by atoms with Gasteiger partial charge in [0.15, 0.2) is 0 Å². The third-order valence-electron chi connectivity index (χ3n) is 3.23. The van der Waals surface area contributed by atoms with E-state index in [-0.39, 0.29) is 0 Å². The van der Waals surface area contributed by atoms with E-state index in [1.807, 2.05) is 0 Å².